The number of non-ortho nitro benzene ring substituents is 1. The molecule has 5 rings (SSSR count). The summed E-state index contributed by atoms with van der Waals surface area (Å²) >= 11 is 0. The quantitative estimate of drug-likeness (QED) is 0.219. The van der Waals surface area contributed by atoms with Gasteiger partial charge in [0.25, 0.3) is 11.6 Å². The standard InChI is InChI=1S/C28H27N3O9/c1-5-39-20-12-7-6-11-19(20)29-27(32)22-23(18-13-14-21(36-2)25(38-4)24(18)37-3)30(40-26(22)28(29)33)16-9-8-10-17(15-16)31(34)35/h6-15,22-23,26H,5H2,1-4H3/t22-,23+,26-/m0/s1. The average Bonchev–Trinajstić information content (AvgIpc) is 3.48. The number of para-hydroxylation sites is 2. The van der Waals surface area contributed by atoms with Gasteiger partial charge in [-0.2, -0.15) is 0 Å². The Morgan fingerprint density at radius 2 is 1.65 bits per heavy atom. The first-order chi connectivity index (χ1) is 19.4. The number of methoxy groups -OCH3 is 3. The van der Waals surface area contributed by atoms with Crippen molar-refractivity contribution in [1.29, 1.82) is 0 Å². The van der Waals surface area contributed by atoms with Gasteiger partial charge in [0, 0.05) is 17.7 Å². The van der Waals surface area contributed by atoms with Crippen LogP contribution in [0, 0.1) is 16.0 Å². The largest absolute Gasteiger partial charge is 0.493 e. The zero-order valence-corrected chi connectivity index (χ0v) is 22.2. The summed E-state index contributed by atoms with van der Waals surface area (Å²) in [5, 5.41) is 12.9. The monoisotopic (exact) mass is 549 g/mol. The van der Waals surface area contributed by atoms with E-state index in [2.05, 4.69) is 0 Å². The average molecular weight is 550 g/mol. The highest BCUT2D eigenvalue weighted by molar-refractivity contribution is 6.24. The Bertz CT molecular complexity index is 1480. The molecule has 2 aliphatic heterocycles. The zero-order chi connectivity index (χ0) is 28.6. The van der Waals surface area contributed by atoms with Crippen LogP contribution >= 0.6 is 0 Å². The SMILES string of the molecule is CCOc1ccccc1N1C(=O)[C@@H]2[C@H](ON(c3cccc([N+](=O)[O-])c3)[C@@H]2c2ccc(OC)c(OC)c2OC)C1=O. The summed E-state index contributed by atoms with van der Waals surface area (Å²) < 4.78 is 22.4. The Morgan fingerprint density at radius 3 is 2.33 bits per heavy atom. The van der Waals surface area contributed by atoms with E-state index in [1.54, 1.807) is 49.4 Å². The van der Waals surface area contributed by atoms with E-state index in [0.29, 0.717) is 29.4 Å². The van der Waals surface area contributed by atoms with Crippen LogP contribution in [0.25, 0.3) is 0 Å². The summed E-state index contributed by atoms with van der Waals surface area (Å²) in [4.78, 5) is 46.1. The summed E-state index contributed by atoms with van der Waals surface area (Å²) in [5.74, 6) is -0.825. The number of amides is 2. The molecule has 0 radical (unpaired) electrons. The first-order valence-electron chi connectivity index (χ1n) is 12.4. The second-order valence-electron chi connectivity index (χ2n) is 8.94. The second kappa shape index (κ2) is 10.7. The topological polar surface area (TPSA) is 130 Å². The molecule has 0 aliphatic carbocycles. The third-order valence-corrected chi connectivity index (χ3v) is 6.87. The Kier molecular flexibility index (Phi) is 7.18. The molecule has 2 aliphatic rings. The molecular weight excluding hydrogens is 522 g/mol. The molecule has 3 aromatic rings. The third kappa shape index (κ3) is 4.22. The second-order valence-corrected chi connectivity index (χ2v) is 8.94. The number of imide groups is 1. The van der Waals surface area contributed by atoms with E-state index in [0.717, 1.165) is 4.90 Å². The molecule has 12 nitrogen and oxygen atoms in total. The highest BCUT2D eigenvalue weighted by Crippen LogP contribution is 2.53. The number of nitrogens with zero attached hydrogens (tertiary/aromatic N) is 3. The number of hydrogen-bond acceptors (Lipinski definition) is 10. The van der Waals surface area contributed by atoms with Gasteiger partial charge in [0.15, 0.2) is 17.6 Å². The number of ether oxygens (including phenoxy) is 4. The highest BCUT2D eigenvalue weighted by atomic mass is 16.7. The molecule has 2 amide bonds. The molecule has 2 saturated heterocycles. The summed E-state index contributed by atoms with van der Waals surface area (Å²) in [6, 6.07) is 14.9. The molecular formula is C28H27N3O9. The van der Waals surface area contributed by atoms with E-state index in [1.165, 1.54) is 44.6 Å². The maximum atomic E-state index is 14.1. The zero-order valence-electron chi connectivity index (χ0n) is 22.2. The molecule has 2 heterocycles. The van der Waals surface area contributed by atoms with Crippen molar-refractivity contribution in [2.24, 2.45) is 5.92 Å². The van der Waals surface area contributed by atoms with Crippen molar-refractivity contribution in [2.45, 2.75) is 19.1 Å². The van der Waals surface area contributed by atoms with E-state index in [1.807, 2.05) is 0 Å². The first-order valence-corrected chi connectivity index (χ1v) is 12.4. The number of benzene rings is 3. The lowest BCUT2D eigenvalue weighted by molar-refractivity contribution is -0.384. The van der Waals surface area contributed by atoms with Gasteiger partial charge in [-0.25, -0.2) is 9.96 Å². The molecule has 3 atom stereocenters. The number of hydroxylamine groups is 1. The lowest BCUT2D eigenvalue weighted by atomic mass is 9.89. The van der Waals surface area contributed by atoms with Gasteiger partial charge in [0.1, 0.15) is 17.7 Å². The lowest BCUT2D eigenvalue weighted by Gasteiger charge is -2.30. The molecule has 208 valence electrons. The summed E-state index contributed by atoms with van der Waals surface area (Å²) in [6.07, 6.45) is -1.22. The van der Waals surface area contributed by atoms with Crippen LogP contribution in [0.2, 0.25) is 0 Å². The van der Waals surface area contributed by atoms with Crippen LogP contribution < -0.4 is 28.9 Å². The maximum absolute atomic E-state index is 14.1. The molecule has 0 unspecified atom stereocenters. The lowest BCUT2D eigenvalue weighted by Crippen LogP contribution is -2.37. The molecule has 0 N–H and O–H groups in total. The van der Waals surface area contributed by atoms with Crippen molar-refractivity contribution in [3.63, 3.8) is 0 Å². The minimum absolute atomic E-state index is 0.180. The molecule has 0 saturated carbocycles. The van der Waals surface area contributed by atoms with Crippen molar-refractivity contribution in [3.05, 3.63) is 76.3 Å². The van der Waals surface area contributed by atoms with Gasteiger partial charge in [0.2, 0.25) is 11.7 Å². The van der Waals surface area contributed by atoms with E-state index >= 15 is 0 Å². The number of nitro groups is 1. The van der Waals surface area contributed by atoms with Crippen molar-refractivity contribution >= 4 is 28.9 Å². The van der Waals surface area contributed by atoms with Crippen LogP contribution in [0.15, 0.2) is 60.7 Å². The van der Waals surface area contributed by atoms with Gasteiger partial charge >= 0.3 is 0 Å². The molecule has 2 fully saturated rings. The number of rotatable bonds is 9. The number of carbonyl (C=O) groups is 2. The Labute approximate surface area is 229 Å². The van der Waals surface area contributed by atoms with Gasteiger partial charge in [-0.15, -0.1) is 0 Å². The van der Waals surface area contributed by atoms with Gasteiger partial charge in [-0.05, 0) is 37.3 Å². The van der Waals surface area contributed by atoms with Crippen molar-refractivity contribution in [3.8, 4) is 23.0 Å². The van der Waals surface area contributed by atoms with Crippen LogP contribution in [0.4, 0.5) is 17.1 Å². The minimum Gasteiger partial charge on any atom is -0.493 e. The van der Waals surface area contributed by atoms with Crippen LogP contribution in [0.1, 0.15) is 18.5 Å². The smallest absolute Gasteiger partial charge is 0.271 e. The van der Waals surface area contributed by atoms with E-state index in [4.69, 9.17) is 23.8 Å². The predicted octanol–water partition coefficient (Wildman–Crippen LogP) is 4.07. The fourth-order valence-corrected chi connectivity index (χ4v) is 5.21. The number of hydrogen-bond donors (Lipinski definition) is 0. The summed E-state index contributed by atoms with van der Waals surface area (Å²) in [5.41, 5.74) is 0.867. The van der Waals surface area contributed by atoms with Gasteiger partial charge in [0.05, 0.1) is 44.2 Å². The predicted molar refractivity (Wildman–Crippen MR) is 143 cm³/mol. The number of anilines is 2. The molecule has 40 heavy (non-hydrogen) atoms. The molecule has 0 spiro atoms. The van der Waals surface area contributed by atoms with E-state index in [-0.39, 0.29) is 22.9 Å². The van der Waals surface area contributed by atoms with E-state index in [9.17, 15) is 19.7 Å². The normalized spacial score (nSPS) is 19.9. The molecule has 12 heteroatoms. The molecule has 0 aromatic heterocycles. The van der Waals surface area contributed by atoms with Crippen molar-refractivity contribution in [1.82, 2.24) is 0 Å². The number of nitro benzene ring substituents is 1. The third-order valence-electron chi connectivity index (χ3n) is 6.87. The fraction of sp³-hybridized carbons (Fsp3) is 0.286. The van der Waals surface area contributed by atoms with Crippen LogP contribution in [0.3, 0.4) is 0 Å². The van der Waals surface area contributed by atoms with Gasteiger partial charge < -0.3 is 18.9 Å². The van der Waals surface area contributed by atoms with Gasteiger partial charge in [-0.1, -0.05) is 18.2 Å². The first kappa shape index (κ1) is 26.8. The highest BCUT2D eigenvalue weighted by Gasteiger charge is 2.61. The molecule has 0 bridgehead atoms. The van der Waals surface area contributed by atoms with Gasteiger partial charge in [-0.3, -0.25) is 24.5 Å². The van der Waals surface area contributed by atoms with E-state index < -0.39 is 34.8 Å². The summed E-state index contributed by atoms with van der Waals surface area (Å²) in [7, 11) is 4.37. The van der Waals surface area contributed by atoms with Crippen molar-refractivity contribution < 1.29 is 38.3 Å². The Balaban J connectivity index is 1.68. The minimum atomic E-state index is -1.22. The van der Waals surface area contributed by atoms with Crippen molar-refractivity contribution in [2.75, 3.05) is 37.9 Å². The Morgan fingerprint density at radius 1 is 0.900 bits per heavy atom. The maximum Gasteiger partial charge on any atom is 0.271 e. The fourth-order valence-electron chi connectivity index (χ4n) is 5.21. The van der Waals surface area contributed by atoms with Crippen LogP contribution in [0.5, 0.6) is 23.0 Å². The van der Waals surface area contributed by atoms with Crippen LogP contribution in [-0.2, 0) is 14.4 Å². The van der Waals surface area contributed by atoms with Crippen LogP contribution in [-0.4, -0.2) is 50.8 Å². The summed E-state index contributed by atoms with van der Waals surface area (Å²) in [6.45, 7) is 2.14. The molecule has 3 aromatic carbocycles. The number of carbonyl (C=O) groups excluding carboxylic acids is 2. The number of fused-ring (bicyclic) bond motifs is 1. The Hall–Kier alpha value is -4.84.